The van der Waals surface area contributed by atoms with Gasteiger partial charge in [-0.1, -0.05) is 37.6 Å². The van der Waals surface area contributed by atoms with E-state index in [0.29, 0.717) is 37.8 Å². The van der Waals surface area contributed by atoms with Gasteiger partial charge in [-0.05, 0) is 62.4 Å². The van der Waals surface area contributed by atoms with Crippen molar-refractivity contribution in [1.82, 2.24) is 20.2 Å². The highest BCUT2D eigenvalue weighted by molar-refractivity contribution is 7.87. The molecule has 2 unspecified atom stereocenters. The first-order valence-electron chi connectivity index (χ1n) is 13.0. The van der Waals surface area contributed by atoms with Crippen LogP contribution in [0.2, 0.25) is 0 Å². The number of aryl methyl sites for hydroxylation is 1. The molecule has 2 N–H and O–H groups in total. The maximum absolute atomic E-state index is 13.7. The number of halogens is 1. The quantitative estimate of drug-likeness (QED) is 0.478. The molecule has 2 heterocycles. The first-order chi connectivity index (χ1) is 17.9. The minimum Gasteiger partial charge on any atom is -0.371 e. The number of hydrogen-bond donors (Lipinski definition) is 2. The van der Waals surface area contributed by atoms with Gasteiger partial charge in [0, 0.05) is 32.1 Å². The maximum Gasteiger partial charge on any atom is 0.339 e. The lowest BCUT2D eigenvalue weighted by atomic mass is 10.0. The van der Waals surface area contributed by atoms with Gasteiger partial charge in [0.15, 0.2) is 0 Å². The van der Waals surface area contributed by atoms with E-state index < -0.39 is 15.7 Å². The van der Waals surface area contributed by atoms with Crippen LogP contribution in [0.15, 0.2) is 64.1 Å². The van der Waals surface area contributed by atoms with Crippen molar-refractivity contribution in [2.45, 2.75) is 69.5 Å². The molecule has 0 spiro atoms. The molecular formula is C27H35FN4O4S. The van der Waals surface area contributed by atoms with Gasteiger partial charge < -0.3 is 14.8 Å². The van der Waals surface area contributed by atoms with Crippen molar-refractivity contribution in [3.05, 3.63) is 76.3 Å². The second-order valence-electron chi connectivity index (χ2n) is 9.48. The molecule has 8 nitrogen and oxygen atoms in total. The van der Waals surface area contributed by atoms with Gasteiger partial charge in [-0.2, -0.15) is 8.42 Å². The fourth-order valence-electron chi connectivity index (χ4n) is 4.77. The molecule has 4 rings (SSSR count). The van der Waals surface area contributed by atoms with Crippen molar-refractivity contribution in [3.63, 3.8) is 0 Å². The molecule has 10 heteroatoms. The van der Waals surface area contributed by atoms with Crippen LogP contribution in [-0.4, -0.2) is 37.1 Å². The Balaban J connectivity index is 1.64. The molecule has 200 valence electrons. The Morgan fingerprint density at radius 3 is 2.73 bits per heavy atom. The summed E-state index contributed by atoms with van der Waals surface area (Å²) >= 11 is 0. The summed E-state index contributed by atoms with van der Waals surface area (Å²) in [6.07, 6.45) is 9.53. The molecule has 2 aromatic rings. The number of hydrogen-bond acceptors (Lipinski definition) is 7. The molecule has 0 amide bonds. The number of benzene rings is 1. The van der Waals surface area contributed by atoms with Gasteiger partial charge in [0.2, 0.25) is 5.75 Å². The highest BCUT2D eigenvalue weighted by atomic mass is 32.2. The summed E-state index contributed by atoms with van der Waals surface area (Å²) < 4.78 is 46.4. The van der Waals surface area contributed by atoms with E-state index in [0.717, 1.165) is 32.2 Å². The second kappa shape index (κ2) is 12.6. The lowest BCUT2D eigenvalue weighted by Gasteiger charge is -2.19. The Morgan fingerprint density at radius 1 is 1.19 bits per heavy atom. The second-order valence-corrected chi connectivity index (χ2v) is 11.0. The molecule has 0 saturated heterocycles. The minimum absolute atomic E-state index is 0.0310. The molecule has 0 bridgehead atoms. The van der Waals surface area contributed by atoms with E-state index in [-0.39, 0.29) is 34.6 Å². The third-order valence-corrected chi connectivity index (χ3v) is 7.97. The maximum atomic E-state index is 13.7. The summed E-state index contributed by atoms with van der Waals surface area (Å²) in [5.74, 6) is 0.208. The van der Waals surface area contributed by atoms with Gasteiger partial charge in [-0.3, -0.25) is 9.36 Å². The SMILES string of the molecule is CCNC1CCCCn2c(nc(CNCC3C=CC(F)=CC3)c(OS(=O)(=O)c3ccccc3)c2=O)CC1. The van der Waals surface area contributed by atoms with Gasteiger partial charge in [0.25, 0.3) is 5.56 Å². The van der Waals surface area contributed by atoms with Crippen LogP contribution in [0.3, 0.4) is 0 Å². The fraction of sp³-hybridized carbons (Fsp3) is 0.481. The Labute approximate surface area is 217 Å². The highest BCUT2D eigenvalue weighted by Crippen LogP contribution is 2.22. The average molecular weight is 531 g/mol. The van der Waals surface area contributed by atoms with Gasteiger partial charge in [-0.15, -0.1) is 0 Å². The molecule has 0 fully saturated rings. The van der Waals surface area contributed by atoms with E-state index in [9.17, 15) is 17.6 Å². The zero-order chi connectivity index (χ0) is 26.3. The van der Waals surface area contributed by atoms with Gasteiger partial charge in [0.05, 0.1) is 0 Å². The third kappa shape index (κ3) is 7.15. The van der Waals surface area contributed by atoms with Crippen LogP contribution in [-0.2, 0) is 29.6 Å². The van der Waals surface area contributed by atoms with Gasteiger partial charge in [0.1, 0.15) is 22.2 Å². The van der Waals surface area contributed by atoms with Crippen LogP contribution in [0.5, 0.6) is 5.75 Å². The van der Waals surface area contributed by atoms with Gasteiger partial charge in [-0.25, -0.2) is 9.37 Å². The molecule has 37 heavy (non-hydrogen) atoms. The van der Waals surface area contributed by atoms with Crippen molar-refractivity contribution in [2.75, 3.05) is 13.1 Å². The molecular weight excluding hydrogens is 495 g/mol. The van der Waals surface area contributed by atoms with Crippen LogP contribution < -0.4 is 20.4 Å². The zero-order valence-electron chi connectivity index (χ0n) is 21.2. The van der Waals surface area contributed by atoms with Crippen molar-refractivity contribution in [3.8, 4) is 5.75 Å². The smallest absolute Gasteiger partial charge is 0.339 e. The van der Waals surface area contributed by atoms with Gasteiger partial charge >= 0.3 is 10.1 Å². The first kappa shape index (κ1) is 27.2. The van der Waals surface area contributed by atoms with Crippen LogP contribution in [0.1, 0.15) is 50.5 Å². The van der Waals surface area contributed by atoms with Crippen molar-refractivity contribution in [1.29, 1.82) is 0 Å². The minimum atomic E-state index is -4.23. The summed E-state index contributed by atoms with van der Waals surface area (Å²) in [6.45, 7) is 4.08. The molecule has 1 aliphatic carbocycles. The first-order valence-corrected chi connectivity index (χ1v) is 14.4. The summed E-state index contributed by atoms with van der Waals surface area (Å²) in [5.41, 5.74) is -0.220. The molecule has 0 saturated carbocycles. The summed E-state index contributed by atoms with van der Waals surface area (Å²) in [6, 6.07) is 8.11. The average Bonchev–Trinajstić information content (AvgIpc) is 2.99. The Hall–Kier alpha value is -2.82. The van der Waals surface area contributed by atoms with E-state index in [1.165, 1.54) is 24.3 Å². The zero-order valence-corrected chi connectivity index (χ0v) is 22.0. The Morgan fingerprint density at radius 2 is 2.00 bits per heavy atom. The monoisotopic (exact) mass is 530 g/mol. The highest BCUT2D eigenvalue weighted by Gasteiger charge is 2.26. The standard InChI is InChI=1S/C27H35FN4O4S/c1-2-30-22-8-6-7-17-32-25(16-15-22)31-24(19-29-18-20-11-13-21(28)14-12-20)26(27(32)33)36-37(34,35)23-9-4-3-5-10-23/h3-5,9-11,13-14,20,22,29-30H,2,6-8,12,15-19H2,1H3. The Kier molecular flexibility index (Phi) is 9.28. The third-order valence-electron chi connectivity index (χ3n) is 6.74. The van der Waals surface area contributed by atoms with Crippen LogP contribution in [0.25, 0.3) is 0 Å². The van der Waals surface area contributed by atoms with Crippen molar-refractivity contribution in [2.24, 2.45) is 5.92 Å². The summed E-state index contributed by atoms with van der Waals surface area (Å²) in [7, 11) is -4.23. The summed E-state index contributed by atoms with van der Waals surface area (Å²) in [4.78, 5) is 18.4. The van der Waals surface area contributed by atoms with E-state index in [2.05, 4.69) is 17.6 Å². The van der Waals surface area contributed by atoms with Crippen LogP contribution in [0.4, 0.5) is 4.39 Å². The van der Waals surface area contributed by atoms with Crippen molar-refractivity contribution >= 4 is 10.1 Å². The number of fused-ring (bicyclic) bond motifs is 1. The number of allylic oxidation sites excluding steroid dienone is 3. The number of rotatable bonds is 9. The van der Waals surface area contributed by atoms with Crippen LogP contribution >= 0.6 is 0 Å². The van der Waals surface area contributed by atoms with E-state index in [1.54, 1.807) is 28.8 Å². The van der Waals surface area contributed by atoms with Crippen LogP contribution in [0, 0.1) is 5.92 Å². The predicted octanol–water partition coefficient (Wildman–Crippen LogP) is 3.62. The van der Waals surface area contributed by atoms with Crippen molar-refractivity contribution < 1.29 is 17.0 Å². The molecule has 1 aliphatic heterocycles. The molecule has 0 radical (unpaired) electrons. The fourth-order valence-corrected chi connectivity index (χ4v) is 5.74. The normalized spacial score (nSPS) is 20.3. The number of nitrogens with zero attached hydrogens (tertiary/aromatic N) is 2. The predicted molar refractivity (Wildman–Crippen MR) is 141 cm³/mol. The lowest BCUT2D eigenvalue weighted by molar-refractivity contribution is 0.449. The largest absolute Gasteiger partial charge is 0.371 e. The lowest BCUT2D eigenvalue weighted by Crippen LogP contribution is -2.32. The number of aromatic nitrogens is 2. The molecule has 1 aromatic carbocycles. The molecule has 2 aliphatic rings. The number of nitrogens with one attached hydrogen (secondary N) is 2. The van der Waals surface area contributed by atoms with E-state index in [4.69, 9.17) is 9.17 Å². The van der Waals surface area contributed by atoms with E-state index >= 15 is 0 Å². The van der Waals surface area contributed by atoms with E-state index in [1.807, 2.05) is 0 Å². The topological polar surface area (TPSA) is 102 Å². The Bertz CT molecular complexity index is 1290. The molecule has 1 aromatic heterocycles. The summed E-state index contributed by atoms with van der Waals surface area (Å²) in [5, 5.41) is 6.76. The molecule has 2 atom stereocenters.